The zero-order valence-corrected chi connectivity index (χ0v) is 10.5. The molecular formula is C12H13N3O2S. The van der Waals surface area contributed by atoms with E-state index >= 15 is 0 Å². The predicted molar refractivity (Wildman–Crippen MR) is 67.9 cm³/mol. The van der Waals surface area contributed by atoms with Gasteiger partial charge in [0.05, 0.1) is 22.9 Å². The van der Waals surface area contributed by atoms with Crippen molar-refractivity contribution >= 4 is 15.7 Å². The molecule has 0 aliphatic carbocycles. The van der Waals surface area contributed by atoms with Gasteiger partial charge in [0.25, 0.3) is 0 Å². The molecular weight excluding hydrogens is 250 g/mol. The molecule has 0 radical (unpaired) electrons. The Labute approximate surface area is 105 Å². The fourth-order valence-electron chi connectivity index (χ4n) is 2.41. The molecule has 0 saturated carbocycles. The third kappa shape index (κ3) is 1.60. The maximum absolute atomic E-state index is 12.0. The van der Waals surface area contributed by atoms with E-state index in [2.05, 4.69) is 5.10 Å². The number of nitrogens with two attached hydrogens (primary N) is 1. The highest BCUT2D eigenvalue weighted by atomic mass is 32.2. The van der Waals surface area contributed by atoms with Gasteiger partial charge >= 0.3 is 0 Å². The lowest BCUT2D eigenvalue weighted by Gasteiger charge is -2.26. The molecule has 0 saturated heterocycles. The van der Waals surface area contributed by atoms with Crippen molar-refractivity contribution < 1.29 is 8.42 Å². The molecule has 1 unspecified atom stereocenters. The number of hydrogen-bond acceptors (Lipinski definition) is 4. The number of rotatable bonds is 1. The minimum atomic E-state index is -3.16. The van der Waals surface area contributed by atoms with E-state index in [-0.39, 0.29) is 11.8 Å². The Morgan fingerprint density at radius 3 is 2.78 bits per heavy atom. The third-order valence-corrected chi connectivity index (χ3v) is 5.08. The highest BCUT2D eigenvalue weighted by Crippen LogP contribution is 2.35. The van der Waals surface area contributed by atoms with Crippen molar-refractivity contribution in [2.75, 3.05) is 11.5 Å². The van der Waals surface area contributed by atoms with Gasteiger partial charge in [-0.1, -0.05) is 18.2 Å². The van der Waals surface area contributed by atoms with E-state index in [1.54, 1.807) is 29.1 Å². The second kappa shape index (κ2) is 3.84. The summed E-state index contributed by atoms with van der Waals surface area (Å²) in [6.45, 7) is 0. The molecule has 1 aromatic heterocycles. The highest BCUT2D eigenvalue weighted by molar-refractivity contribution is 7.91. The monoisotopic (exact) mass is 263 g/mol. The first-order valence-electron chi connectivity index (χ1n) is 5.70. The summed E-state index contributed by atoms with van der Waals surface area (Å²) in [4.78, 5) is 0.399. The maximum Gasteiger partial charge on any atom is 0.178 e. The van der Waals surface area contributed by atoms with Crippen LogP contribution in [-0.2, 0) is 9.84 Å². The molecule has 0 amide bonds. The molecule has 2 N–H and O–H groups in total. The molecule has 2 aromatic rings. The predicted octanol–water partition coefficient (Wildman–Crippen LogP) is 1.23. The second-order valence-corrected chi connectivity index (χ2v) is 6.44. The second-order valence-electron chi connectivity index (χ2n) is 4.36. The number of anilines is 1. The molecule has 0 fully saturated rings. The number of fused-ring (bicyclic) bond motifs is 1. The van der Waals surface area contributed by atoms with Gasteiger partial charge in [0, 0.05) is 0 Å². The fraction of sp³-hybridized carbons (Fsp3) is 0.250. The smallest absolute Gasteiger partial charge is 0.178 e. The number of aromatic nitrogens is 2. The van der Waals surface area contributed by atoms with Crippen LogP contribution in [-0.4, -0.2) is 24.0 Å². The molecule has 2 heterocycles. The first kappa shape index (κ1) is 11.3. The van der Waals surface area contributed by atoms with E-state index in [4.69, 9.17) is 5.73 Å². The van der Waals surface area contributed by atoms with Crippen LogP contribution < -0.4 is 5.73 Å². The van der Waals surface area contributed by atoms with E-state index in [1.165, 1.54) is 0 Å². The zero-order valence-electron chi connectivity index (χ0n) is 9.65. The first-order chi connectivity index (χ1) is 8.59. The van der Waals surface area contributed by atoms with E-state index in [1.807, 2.05) is 12.1 Å². The zero-order chi connectivity index (χ0) is 12.8. The molecule has 5 nitrogen and oxygen atoms in total. The summed E-state index contributed by atoms with van der Waals surface area (Å²) in [5, 5.41) is 4.18. The van der Waals surface area contributed by atoms with Crippen LogP contribution in [0.4, 0.5) is 5.82 Å². The number of hydrogen-bond donors (Lipinski definition) is 1. The van der Waals surface area contributed by atoms with Crippen LogP contribution in [0.1, 0.15) is 18.0 Å². The minimum Gasteiger partial charge on any atom is -0.384 e. The molecule has 6 heteroatoms. The fourth-order valence-corrected chi connectivity index (χ4v) is 4.01. The van der Waals surface area contributed by atoms with Gasteiger partial charge < -0.3 is 5.73 Å². The van der Waals surface area contributed by atoms with Crippen molar-refractivity contribution in [1.82, 2.24) is 9.78 Å². The summed E-state index contributed by atoms with van der Waals surface area (Å²) in [5.74, 6) is 0.683. The van der Waals surface area contributed by atoms with Crippen LogP contribution >= 0.6 is 0 Å². The summed E-state index contributed by atoms with van der Waals surface area (Å²) in [6, 6.07) is 8.68. The third-order valence-electron chi connectivity index (χ3n) is 3.27. The average molecular weight is 263 g/mol. The van der Waals surface area contributed by atoms with Crippen molar-refractivity contribution in [3.05, 3.63) is 42.1 Å². The quantitative estimate of drug-likeness (QED) is 0.839. The Hall–Kier alpha value is -1.82. The molecule has 0 spiro atoms. The van der Waals surface area contributed by atoms with Crippen molar-refractivity contribution in [3.8, 4) is 0 Å². The maximum atomic E-state index is 12.0. The number of nitrogen functional groups attached to an aromatic ring is 1. The molecule has 94 valence electrons. The summed E-state index contributed by atoms with van der Waals surface area (Å²) in [5.41, 5.74) is 6.62. The lowest BCUT2D eigenvalue weighted by Crippen LogP contribution is -2.25. The van der Waals surface area contributed by atoms with Gasteiger partial charge in [-0.25, -0.2) is 13.1 Å². The Kier molecular flexibility index (Phi) is 2.41. The standard InChI is InChI=1S/C12H13N3O2S/c13-12-5-7-14-15(12)10-6-8-18(16,17)11-4-2-1-3-9(10)11/h1-5,7,10H,6,8,13H2. The summed E-state index contributed by atoms with van der Waals surface area (Å²) in [6.07, 6.45) is 2.13. The Bertz CT molecular complexity index is 691. The van der Waals surface area contributed by atoms with Gasteiger partial charge in [0.1, 0.15) is 5.82 Å². The Morgan fingerprint density at radius 2 is 2.06 bits per heavy atom. The topological polar surface area (TPSA) is 78.0 Å². The number of nitrogens with zero attached hydrogens (tertiary/aromatic N) is 2. The Morgan fingerprint density at radius 1 is 1.28 bits per heavy atom. The van der Waals surface area contributed by atoms with Gasteiger partial charge in [-0.05, 0) is 24.1 Å². The summed E-state index contributed by atoms with van der Waals surface area (Å²) < 4.78 is 25.7. The molecule has 1 aromatic carbocycles. The van der Waals surface area contributed by atoms with Crippen LogP contribution in [0.2, 0.25) is 0 Å². The van der Waals surface area contributed by atoms with E-state index in [9.17, 15) is 8.42 Å². The lowest BCUT2D eigenvalue weighted by atomic mass is 10.0. The van der Waals surface area contributed by atoms with Crippen molar-refractivity contribution in [1.29, 1.82) is 0 Å². The minimum absolute atomic E-state index is 0.0975. The largest absolute Gasteiger partial charge is 0.384 e. The molecule has 1 aliphatic rings. The van der Waals surface area contributed by atoms with E-state index in [0.29, 0.717) is 17.1 Å². The average Bonchev–Trinajstić information content (AvgIpc) is 2.76. The van der Waals surface area contributed by atoms with Crippen molar-refractivity contribution in [2.24, 2.45) is 0 Å². The van der Waals surface area contributed by atoms with Crippen LogP contribution in [0.15, 0.2) is 41.4 Å². The molecule has 3 rings (SSSR count). The van der Waals surface area contributed by atoms with Crippen molar-refractivity contribution in [3.63, 3.8) is 0 Å². The summed E-state index contributed by atoms with van der Waals surface area (Å²) in [7, 11) is -3.16. The number of benzene rings is 1. The first-order valence-corrected chi connectivity index (χ1v) is 7.35. The normalized spacial score (nSPS) is 21.4. The van der Waals surface area contributed by atoms with Gasteiger partial charge in [0.2, 0.25) is 0 Å². The van der Waals surface area contributed by atoms with Crippen molar-refractivity contribution in [2.45, 2.75) is 17.4 Å². The van der Waals surface area contributed by atoms with Crippen LogP contribution in [0.25, 0.3) is 0 Å². The number of sulfone groups is 1. The molecule has 1 atom stereocenters. The van der Waals surface area contributed by atoms with Gasteiger partial charge in [-0.15, -0.1) is 0 Å². The van der Waals surface area contributed by atoms with Gasteiger partial charge in [-0.2, -0.15) is 5.10 Å². The Balaban J connectivity index is 2.19. The SMILES string of the molecule is Nc1ccnn1C1CCS(=O)(=O)c2ccccc21. The van der Waals surface area contributed by atoms with Gasteiger partial charge in [-0.3, -0.25) is 0 Å². The van der Waals surface area contributed by atoms with Crippen LogP contribution in [0.3, 0.4) is 0 Å². The summed E-state index contributed by atoms with van der Waals surface area (Å²) >= 11 is 0. The van der Waals surface area contributed by atoms with Crippen LogP contribution in [0.5, 0.6) is 0 Å². The van der Waals surface area contributed by atoms with Crippen LogP contribution in [0, 0.1) is 0 Å². The molecule has 1 aliphatic heterocycles. The highest BCUT2D eigenvalue weighted by Gasteiger charge is 2.31. The van der Waals surface area contributed by atoms with Gasteiger partial charge in [0.15, 0.2) is 9.84 Å². The molecule has 18 heavy (non-hydrogen) atoms. The molecule has 0 bridgehead atoms. The van der Waals surface area contributed by atoms with E-state index in [0.717, 1.165) is 5.56 Å². The lowest BCUT2D eigenvalue weighted by molar-refractivity contribution is 0.489. The van der Waals surface area contributed by atoms with E-state index < -0.39 is 9.84 Å².